The SMILES string of the molecule is CCOC(=O)CCN(C)c1cc(C)ccc1C(N)=S. The van der Waals surface area contributed by atoms with Gasteiger partial charge in [0.05, 0.1) is 13.0 Å². The van der Waals surface area contributed by atoms with Gasteiger partial charge in [-0.05, 0) is 31.5 Å². The number of thiocarbonyl (C=S) groups is 1. The highest BCUT2D eigenvalue weighted by atomic mass is 32.1. The summed E-state index contributed by atoms with van der Waals surface area (Å²) in [5, 5.41) is 0. The van der Waals surface area contributed by atoms with E-state index in [1.165, 1.54) is 0 Å². The van der Waals surface area contributed by atoms with Crippen LogP contribution in [-0.2, 0) is 9.53 Å². The fraction of sp³-hybridized carbons (Fsp3) is 0.429. The molecule has 0 radical (unpaired) electrons. The van der Waals surface area contributed by atoms with Crippen LogP contribution < -0.4 is 10.6 Å². The maximum absolute atomic E-state index is 11.4. The predicted molar refractivity (Wildman–Crippen MR) is 81.6 cm³/mol. The van der Waals surface area contributed by atoms with E-state index in [0.717, 1.165) is 16.8 Å². The van der Waals surface area contributed by atoms with Crippen LogP contribution in [0.15, 0.2) is 18.2 Å². The first-order valence-corrected chi connectivity index (χ1v) is 6.63. The lowest BCUT2D eigenvalue weighted by atomic mass is 10.1. The highest BCUT2D eigenvalue weighted by molar-refractivity contribution is 7.80. The van der Waals surface area contributed by atoms with Crippen LogP contribution in [0.1, 0.15) is 24.5 Å². The molecule has 4 nitrogen and oxygen atoms in total. The third kappa shape index (κ3) is 4.52. The topological polar surface area (TPSA) is 55.6 Å². The maximum Gasteiger partial charge on any atom is 0.307 e. The number of aryl methyl sites for hydroxylation is 1. The second kappa shape index (κ2) is 7.09. The minimum atomic E-state index is -0.195. The Morgan fingerprint density at radius 3 is 2.74 bits per heavy atom. The van der Waals surface area contributed by atoms with Crippen LogP contribution in [0, 0.1) is 6.92 Å². The monoisotopic (exact) mass is 280 g/mol. The van der Waals surface area contributed by atoms with Gasteiger partial charge >= 0.3 is 5.97 Å². The zero-order valence-corrected chi connectivity index (χ0v) is 12.4. The second-order valence-corrected chi connectivity index (χ2v) is 4.80. The summed E-state index contributed by atoms with van der Waals surface area (Å²) in [7, 11) is 1.91. The summed E-state index contributed by atoms with van der Waals surface area (Å²) in [5.74, 6) is -0.195. The molecule has 0 aliphatic rings. The molecule has 1 aromatic carbocycles. The molecule has 0 atom stereocenters. The Kier molecular flexibility index (Phi) is 5.76. The second-order valence-electron chi connectivity index (χ2n) is 4.36. The number of nitrogens with zero attached hydrogens (tertiary/aromatic N) is 1. The molecule has 0 aromatic heterocycles. The summed E-state index contributed by atoms with van der Waals surface area (Å²) >= 11 is 5.05. The Morgan fingerprint density at radius 2 is 2.16 bits per heavy atom. The molecule has 2 N–H and O–H groups in total. The normalized spacial score (nSPS) is 10.1. The number of hydrogen-bond donors (Lipinski definition) is 1. The van der Waals surface area contributed by atoms with Crippen molar-refractivity contribution in [2.45, 2.75) is 20.3 Å². The molecule has 1 aromatic rings. The standard InChI is InChI=1S/C14H20N2O2S/c1-4-18-13(17)7-8-16(3)12-9-10(2)5-6-11(12)14(15)19/h5-6,9H,4,7-8H2,1-3H3,(H2,15,19). The van der Waals surface area contributed by atoms with Gasteiger partial charge < -0.3 is 15.4 Å². The van der Waals surface area contributed by atoms with Crippen molar-refractivity contribution in [2.24, 2.45) is 5.73 Å². The van der Waals surface area contributed by atoms with E-state index in [2.05, 4.69) is 0 Å². The molecule has 1 rings (SSSR count). The number of esters is 1. The molecule has 0 aliphatic carbocycles. The molecule has 0 fully saturated rings. The number of hydrogen-bond acceptors (Lipinski definition) is 4. The molecule has 19 heavy (non-hydrogen) atoms. The van der Waals surface area contributed by atoms with Gasteiger partial charge in [-0.2, -0.15) is 0 Å². The maximum atomic E-state index is 11.4. The molecule has 0 heterocycles. The van der Waals surface area contributed by atoms with Crippen LogP contribution in [0.3, 0.4) is 0 Å². The number of benzene rings is 1. The zero-order chi connectivity index (χ0) is 14.4. The molecule has 5 heteroatoms. The van der Waals surface area contributed by atoms with Gasteiger partial charge in [-0.3, -0.25) is 4.79 Å². The summed E-state index contributed by atoms with van der Waals surface area (Å²) < 4.78 is 4.91. The van der Waals surface area contributed by atoms with Gasteiger partial charge in [0.1, 0.15) is 4.99 Å². The highest BCUT2D eigenvalue weighted by Crippen LogP contribution is 2.21. The first-order valence-electron chi connectivity index (χ1n) is 6.23. The van der Waals surface area contributed by atoms with Crippen LogP contribution in [0.25, 0.3) is 0 Å². The smallest absolute Gasteiger partial charge is 0.307 e. The van der Waals surface area contributed by atoms with E-state index >= 15 is 0 Å². The first kappa shape index (κ1) is 15.4. The van der Waals surface area contributed by atoms with Gasteiger partial charge in [0.25, 0.3) is 0 Å². The van der Waals surface area contributed by atoms with Crippen LogP contribution >= 0.6 is 12.2 Å². The Balaban J connectivity index is 2.80. The Morgan fingerprint density at radius 1 is 1.47 bits per heavy atom. The van der Waals surface area contributed by atoms with E-state index in [1.807, 2.05) is 37.1 Å². The molecular weight excluding hydrogens is 260 g/mol. The summed E-state index contributed by atoms with van der Waals surface area (Å²) in [5.41, 5.74) is 8.61. The van der Waals surface area contributed by atoms with Crippen molar-refractivity contribution >= 4 is 28.9 Å². The number of nitrogens with two attached hydrogens (primary N) is 1. The van der Waals surface area contributed by atoms with Crippen molar-refractivity contribution < 1.29 is 9.53 Å². The molecule has 0 bridgehead atoms. The van der Waals surface area contributed by atoms with E-state index in [-0.39, 0.29) is 5.97 Å². The molecule has 0 saturated heterocycles. The van der Waals surface area contributed by atoms with E-state index in [4.69, 9.17) is 22.7 Å². The van der Waals surface area contributed by atoms with Gasteiger partial charge in [-0.15, -0.1) is 0 Å². The van der Waals surface area contributed by atoms with Crippen LogP contribution in [0.4, 0.5) is 5.69 Å². The first-order chi connectivity index (χ1) is 8.95. The largest absolute Gasteiger partial charge is 0.466 e. The van der Waals surface area contributed by atoms with Crippen molar-refractivity contribution in [2.75, 3.05) is 25.1 Å². The number of carbonyl (C=O) groups excluding carboxylic acids is 1. The number of carbonyl (C=O) groups is 1. The summed E-state index contributed by atoms with van der Waals surface area (Å²) in [6, 6.07) is 5.89. The van der Waals surface area contributed by atoms with Gasteiger partial charge in [-0.25, -0.2) is 0 Å². The Hall–Kier alpha value is -1.62. The fourth-order valence-electron chi connectivity index (χ4n) is 1.78. The third-order valence-corrected chi connectivity index (χ3v) is 3.01. The number of anilines is 1. The van der Waals surface area contributed by atoms with Gasteiger partial charge in [0, 0.05) is 24.8 Å². The fourth-order valence-corrected chi connectivity index (χ4v) is 1.95. The molecular formula is C14H20N2O2S. The van der Waals surface area contributed by atoms with E-state index in [9.17, 15) is 4.79 Å². The lowest BCUT2D eigenvalue weighted by Crippen LogP contribution is -2.25. The summed E-state index contributed by atoms with van der Waals surface area (Å²) in [4.78, 5) is 13.7. The van der Waals surface area contributed by atoms with E-state index < -0.39 is 0 Å². The van der Waals surface area contributed by atoms with Crippen LogP contribution in [0.5, 0.6) is 0 Å². The van der Waals surface area contributed by atoms with E-state index in [0.29, 0.717) is 24.6 Å². The molecule has 0 amide bonds. The molecule has 0 aliphatic heterocycles. The third-order valence-electron chi connectivity index (χ3n) is 2.79. The summed E-state index contributed by atoms with van der Waals surface area (Å²) in [6.45, 7) is 4.78. The van der Waals surface area contributed by atoms with Crippen molar-refractivity contribution in [3.63, 3.8) is 0 Å². The predicted octanol–water partition coefficient (Wildman–Crippen LogP) is 2.02. The average molecular weight is 280 g/mol. The molecule has 104 valence electrons. The lowest BCUT2D eigenvalue weighted by molar-refractivity contribution is -0.142. The van der Waals surface area contributed by atoms with Crippen molar-refractivity contribution in [3.8, 4) is 0 Å². The number of ether oxygens (including phenoxy) is 1. The van der Waals surface area contributed by atoms with Crippen molar-refractivity contribution in [1.82, 2.24) is 0 Å². The van der Waals surface area contributed by atoms with Crippen molar-refractivity contribution in [1.29, 1.82) is 0 Å². The van der Waals surface area contributed by atoms with Gasteiger partial charge in [0.15, 0.2) is 0 Å². The minimum absolute atomic E-state index is 0.195. The quantitative estimate of drug-likeness (QED) is 0.638. The Labute approximate surface area is 119 Å². The molecule has 0 spiro atoms. The Bertz CT molecular complexity index is 475. The number of rotatable bonds is 6. The minimum Gasteiger partial charge on any atom is -0.466 e. The lowest BCUT2D eigenvalue weighted by Gasteiger charge is -2.22. The van der Waals surface area contributed by atoms with Gasteiger partial charge in [-0.1, -0.05) is 18.3 Å². The van der Waals surface area contributed by atoms with Crippen LogP contribution in [-0.4, -0.2) is 31.2 Å². The average Bonchev–Trinajstić information content (AvgIpc) is 2.35. The van der Waals surface area contributed by atoms with Gasteiger partial charge in [0.2, 0.25) is 0 Å². The summed E-state index contributed by atoms with van der Waals surface area (Å²) in [6.07, 6.45) is 0.342. The molecule has 0 saturated carbocycles. The van der Waals surface area contributed by atoms with E-state index in [1.54, 1.807) is 6.92 Å². The zero-order valence-electron chi connectivity index (χ0n) is 11.6. The highest BCUT2D eigenvalue weighted by Gasteiger charge is 2.11. The van der Waals surface area contributed by atoms with Crippen LogP contribution in [0.2, 0.25) is 0 Å². The molecule has 0 unspecified atom stereocenters. The van der Waals surface area contributed by atoms with Crippen molar-refractivity contribution in [3.05, 3.63) is 29.3 Å².